The van der Waals surface area contributed by atoms with E-state index in [1.54, 1.807) is 18.2 Å². The van der Waals surface area contributed by atoms with Crippen LogP contribution in [0.2, 0.25) is 0 Å². The Morgan fingerprint density at radius 3 is 2.58 bits per heavy atom. The largest absolute Gasteiger partial charge is 0.490 e. The van der Waals surface area contributed by atoms with Crippen LogP contribution in [0.15, 0.2) is 66.4 Å². The van der Waals surface area contributed by atoms with Crippen LogP contribution in [0.25, 0.3) is 6.08 Å². The Kier molecular flexibility index (Phi) is 8.62. The molecule has 38 heavy (non-hydrogen) atoms. The van der Waals surface area contributed by atoms with E-state index in [1.807, 2.05) is 38.1 Å². The van der Waals surface area contributed by atoms with E-state index in [0.717, 1.165) is 16.0 Å². The van der Waals surface area contributed by atoms with E-state index in [0.29, 0.717) is 32.9 Å². The van der Waals surface area contributed by atoms with Gasteiger partial charge in [0.05, 0.1) is 16.7 Å². The van der Waals surface area contributed by atoms with Crippen molar-refractivity contribution in [3.05, 3.63) is 92.4 Å². The number of imide groups is 1. The van der Waals surface area contributed by atoms with Gasteiger partial charge in [0, 0.05) is 5.69 Å². The predicted molar refractivity (Wildman–Crippen MR) is 149 cm³/mol. The topological polar surface area (TPSA) is 97.0 Å². The molecular weight excluding hydrogens is 604 g/mol. The zero-order valence-corrected chi connectivity index (χ0v) is 22.9. The van der Waals surface area contributed by atoms with Crippen LogP contribution >= 0.6 is 22.6 Å². The third-order valence-electron chi connectivity index (χ3n) is 5.50. The standard InChI is InChI=1S/C28H25FIN3O5/c1-3-37-24-14-19(12-22(30)26(24)38-16-25(34)31-21-9-7-20(29)8-10-21)13-23-27(35)33(28(36)32-23)15-18-6-4-5-17(2)11-18/h4-14H,3,15-16H2,1-2H3,(H,31,34)(H,32,36)/b23-13+. The number of aryl methyl sites for hydroxylation is 1. The number of benzene rings is 3. The normalized spacial score (nSPS) is 14.0. The minimum atomic E-state index is -0.491. The number of hydrogen-bond donors (Lipinski definition) is 2. The highest BCUT2D eigenvalue weighted by Crippen LogP contribution is 2.35. The third-order valence-corrected chi connectivity index (χ3v) is 6.31. The summed E-state index contributed by atoms with van der Waals surface area (Å²) in [6, 6.07) is 16.0. The van der Waals surface area contributed by atoms with Gasteiger partial charge >= 0.3 is 6.03 Å². The molecule has 0 aliphatic carbocycles. The van der Waals surface area contributed by atoms with Crippen molar-refractivity contribution in [2.45, 2.75) is 20.4 Å². The maximum atomic E-state index is 13.1. The number of carbonyl (C=O) groups excluding carboxylic acids is 3. The summed E-state index contributed by atoms with van der Waals surface area (Å²) >= 11 is 2.05. The molecule has 3 aromatic rings. The number of carbonyl (C=O) groups is 3. The van der Waals surface area contributed by atoms with E-state index in [9.17, 15) is 18.8 Å². The van der Waals surface area contributed by atoms with E-state index in [-0.39, 0.29) is 18.8 Å². The molecule has 0 atom stereocenters. The lowest BCUT2D eigenvalue weighted by atomic mass is 10.1. The first-order valence-electron chi connectivity index (χ1n) is 11.8. The van der Waals surface area contributed by atoms with E-state index in [2.05, 4.69) is 33.2 Å². The predicted octanol–water partition coefficient (Wildman–Crippen LogP) is 5.25. The highest BCUT2D eigenvalue weighted by Gasteiger charge is 2.33. The fraction of sp³-hybridized carbons (Fsp3) is 0.179. The molecule has 0 spiro atoms. The van der Waals surface area contributed by atoms with Gasteiger partial charge < -0.3 is 20.1 Å². The number of urea groups is 1. The first kappa shape index (κ1) is 27.1. The monoisotopic (exact) mass is 629 g/mol. The maximum absolute atomic E-state index is 13.1. The van der Waals surface area contributed by atoms with Crippen LogP contribution in [0.4, 0.5) is 14.9 Å². The van der Waals surface area contributed by atoms with Gasteiger partial charge in [-0.15, -0.1) is 0 Å². The van der Waals surface area contributed by atoms with Crippen molar-refractivity contribution in [3.63, 3.8) is 0 Å². The van der Waals surface area contributed by atoms with Crippen molar-refractivity contribution in [2.75, 3.05) is 18.5 Å². The highest BCUT2D eigenvalue weighted by atomic mass is 127. The zero-order chi connectivity index (χ0) is 27.2. The molecule has 8 nitrogen and oxygen atoms in total. The van der Waals surface area contributed by atoms with Crippen molar-refractivity contribution < 1.29 is 28.2 Å². The van der Waals surface area contributed by atoms with Crippen LogP contribution in [0.5, 0.6) is 11.5 Å². The van der Waals surface area contributed by atoms with Crippen molar-refractivity contribution in [3.8, 4) is 11.5 Å². The molecule has 1 heterocycles. The van der Waals surface area contributed by atoms with Gasteiger partial charge in [-0.25, -0.2) is 9.18 Å². The van der Waals surface area contributed by atoms with Crippen LogP contribution < -0.4 is 20.1 Å². The second-order valence-electron chi connectivity index (χ2n) is 8.48. The van der Waals surface area contributed by atoms with E-state index < -0.39 is 23.7 Å². The molecule has 0 saturated carbocycles. The fourth-order valence-electron chi connectivity index (χ4n) is 3.82. The Hall–Kier alpha value is -3.93. The van der Waals surface area contributed by atoms with Gasteiger partial charge in [-0.05, 0) is 90.0 Å². The summed E-state index contributed by atoms with van der Waals surface area (Å²) in [6.07, 6.45) is 1.58. The molecule has 1 saturated heterocycles. The summed E-state index contributed by atoms with van der Waals surface area (Å²) in [4.78, 5) is 39.0. The van der Waals surface area contributed by atoms with Gasteiger partial charge in [0.15, 0.2) is 18.1 Å². The first-order valence-corrected chi connectivity index (χ1v) is 12.9. The summed E-state index contributed by atoms with van der Waals surface area (Å²) in [5, 5.41) is 5.27. The Morgan fingerprint density at radius 1 is 1.11 bits per heavy atom. The molecule has 2 N–H and O–H groups in total. The molecule has 4 amide bonds. The third kappa shape index (κ3) is 6.68. The van der Waals surface area contributed by atoms with Crippen LogP contribution in [-0.4, -0.2) is 36.0 Å². The number of hydrogen-bond acceptors (Lipinski definition) is 5. The number of ether oxygens (including phenoxy) is 2. The number of halogens is 2. The van der Waals surface area contributed by atoms with Crippen molar-refractivity contribution in [1.82, 2.24) is 10.2 Å². The SMILES string of the molecule is CCOc1cc(/C=C2/NC(=O)N(Cc3cccc(C)c3)C2=O)cc(I)c1OCC(=O)Nc1ccc(F)cc1. The Labute approximate surface area is 232 Å². The fourth-order valence-corrected chi connectivity index (χ4v) is 4.60. The number of nitrogens with one attached hydrogen (secondary N) is 2. The number of anilines is 1. The van der Waals surface area contributed by atoms with Gasteiger partial charge in [0.25, 0.3) is 11.8 Å². The molecule has 10 heteroatoms. The number of amides is 4. The van der Waals surface area contributed by atoms with Crippen LogP contribution in [0.1, 0.15) is 23.6 Å². The average Bonchev–Trinajstić information content (AvgIpc) is 3.12. The highest BCUT2D eigenvalue weighted by molar-refractivity contribution is 14.1. The molecule has 1 aliphatic heterocycles. The molecule has 0 radical (unpaired) electrons. The van der Waals surface area contributed by atoms with Crippen LogP contribution in [0.3, 0.4) is 0 Å². The van der Waals surface area contributed by atoms with E-state index in [4.69, 9.17) is 9.47 Å². The first-order chi connectivity index (χ1) is 18.2. The second kappa shape index (κ2) is 12.1. The molecule has 0 aromatic heterocycles. The molecule has 1 fully saturated rings. The zero-order valence-electron chi connectivity index (χ0n) is 20.7. The van der Waals surface area contributed by atoms with E-state index >= 15 is 0 Å². The Balaban J connectivity index is 1.48. The Bertz CT molecular complexity index is 1410. The summed E-state index contributed by atoms with van der Waals surface area (Å²) < 4.78 is 25.2. The Morgan fingerprint density at radius 2 is 1.87 bits per heavy atom. The number of nitrogens with zero attached hydrogens (tertiary/aromatic N) is 1. The second-order valence-corrected chi connectivity index (χ2v) is 9.64. The van der Waals surface area contributed by atoms with Crippen molar-refractivity contribution >= 4 is 52.2 Å². The molecular formula is C28H25FIN3O5. The number of rotatable bonds is 9. The minimum Gasteiger partial charge on any atom is -0.490 e. The van der Waals surface area contributed by atoms with Crippen molar-refractivity contribution in [1.29, 1.82) is 0 Å². The quantitative estimate of drug-likeness (QED) is 0.192. The average molecular weight is 629 g/mol. The molecule has 196 valence electrons. The molecule has 3 aromatic carbocycles. The van der Waals surface area contributed by atoms with Crippen LogP contribution in [0, 0.1) is 16.3 Å². The van der Waals surface area contributed by atoms with Gasteiger partial charge in [-0.1, -0.05) is 29.8 Å². The lowest BCUT2D eigenvalue weighted by Gasteiger charge is -2.15. The molecule has 4 rings (SSSR count). The van der Waals surface area contributed by atoms with Gasteiger partial charge in [-0.3, -0.25) is 14.5 Å². The summed E-state index contributed by atoms with van der Waals surface area (Å²) in [6.45, 7) is 3.97. The summed E-state index contributed by atoms with van der Waals surface area (Å²) in [5.41, 5.74) is 3.10. The molecule has 0 bridgehead atoms. The smallest absolute Gasteiger partial charge is 0.329 e. The minimum absolute atomic E-state index is 0.147. The van der Waals surface area contributed by atoms with Gasteiger partial charge in [0.1, 0.15) is 11.5 Å². The van der Waals surface area contributed by atoms with Gasteiger partial charge in [-0.2, -0.15) is 0 Å². The lowest BCUT2D eigenvalue weighted by Crippen LogP contribution is -2.30. The van der Waals surface area contributed by atoms with Crippen LogP contribution in [-0.2, 0) is 16.1 Å². The van der Waals surface area contributed by atoms with Crippen molar-refractivity contribution in [2.24, 2.45) is 0 Å². The lowest BCUT2D eigenvalue weighted by molar-refractivity contribution is -0.123. The van der Waals surface area contributed by atoms with Gasteiger partial charge in [0.2, 0.25) is 0 Å². The maximum Gasteiger partial charge on any atom is 0.329 e. The summed E-state index contributed by atoms with van der Waals surface area (Å²) in [7, 11) is 0. The molecule has 0 unspecified atom stereocenters. The van der Waals surface area contributed by atoms with E-state index in [1.165, 1.54) is 24.3 Å². The molecule has 1 aliphatic rings. The summed E-state index contributed by atoms with van der Waals surface area (Å²) in [5.74, 6) is -0.500.